The van der Waals surface area contributed by atoms with Crippen LogP contribution in [0.5, 0.6) is 0 Å². The molecule has 1 amide bonds. The molecule has 0 spiro atoms. The molecule has 0 bridgehead atoms. The Morgan fingerprint density at radius 3 is 2.61 bits per heavy atom. The van der Waals surface area contributed by atoms with Crippen LogP contribution in [0.2, 0.25) is 0 Å². The van der Waals surface area contributed by atoms with Crippen molar-refractivity contribution in [3.63, 3.8) is 0 Å². The minimum absolute atomic E-state index is 0.0142. The Balaban J connectivity index is 2.00. The average molecular weight is 249 g/mol. The lowest BCUT2D eigenvalue weighted by Crippen LogP contribution is -2.39. The lowest BCUT2D eigenvalue weighted by atomic mass is 10.0. The summed E-state index contributed by atoms with van der Waals surface area (Å²) in [5.41, 5.74) is 0.590. The van der Waals surface area contributed by atoms with Crippen LogP contribution >= 0.6 is 0 Å². The summed E-state index contributed by atoms with van der Waals surface area (Å²) >= 11 is 0. The summed E-state index contributed by atoms with van der Waals surface area (Å²) in [7, 11) is 0. The molecule has 6 heteroatoms. The van der Waals surface area contributed by atoms with Crippen LogP contribution in [0.25, 0.3) is 0 Å². The van der Waals surface area contributed by atoms with E-state index in [1.54, 1.807) is 0 Å². The molecule has 2 N–H and O–H groups in total. The van der Waals surface area contributed by atoms with Gasteiger partial charge in [0.1, 0.15) is 0 Å². The van der Waals surface area contributed by atoms with Gasteiger partial charge in [-0.05, 0) is 31.0 Å². The maximum atomic E-state index is 11.9. The topological polar surface area (TPSA) is 84.3 Å². The number of nitrogens with one attached hydrogen (secondary N) is 2. The highest BCUT2D eigenvalue weighted by Gasteiger charge is 2.29. The molecule has 1 aliphatic rings. The number of anilines is 1. The highest BCUT2D eigenvalue weighted by molar-refractivity contribution is 5.95. The molecular weight excluding hydrogens is 234 g/mol. The number of nitrogens with zero attached hydrogens (tertiary/aromatic N) is 1. The van der Waals surface area contributed by atoms with Gasteiger partial charge in [0.05, 0.1) is 11.0 Å². The van der Waals surface area contributed by atoms with Crippen LogP contribution < -0.4 is 10.6 Å². The van der Waals surface area contributed by atoms with Crippen LogP contribution in [0.1, 0.15) is 13.3 Å². The Bertz CT molecular complexity index is 458. The Kier molecular flexibility index (Phi) is 3.57. The molecule has 0 aromatic heterocycles. The predicted molar refractivity (Wildman–Crippen MR) is 67.3 cm³/mol. The summed E-state index contributed by atoms with van der Waals surface area (Å²) in [5, 5.41) is 16.4. The zero-order chi connectivity index (χ0) is 13.1. The van der Waals surface area contributed by atoms with Crippen LogP contribution in [0.15, 0.2) is 24.3 Å². The summed E-state index contributed by atoms with van der Waals surface area (Å²) in [5.74, 6) is 0.219. The SMILES string of the molecule is CC1CCNC1C(=O)Nc1ccc([N+](=O)[O-])cc1. The average Bonchev–Trinajstić information content (AvgIpc) is 2.76. The molecule has 0 aliphatic carbocycles. The van der Waals surface area contributed by atoms with E-state index in [0.29, 0.717) is 11.6 Å². The minimum Gasteiger partial charge on any atom is -0.325 e. The predicted octanol–water partition coefficient (Wildman–Crippen LogP) is 1.53. The summed E-state index contributed by atoms with van der Waals surface area (Å²) in [6, 6.07) is 5.65. The fourth-order valence-electron chi connectivity index (χ4n) is 2.07. The quantitative estimate of drug-likeness (QED) is 0.628. The van der Waals surface area contributed by atoms with E-state index in [0.717, 1.165) is 13.0 Å². The smallest absolute Gasteiger partial charge is 0.269 e. The standard InChI is InChI=1S/C12H15N3O3/c1-8-6-7-13-11(8)12(16)14-9-2-4-10(5-3-9)15(17)18/h2-5,8,11,13H,6-7H2,1H3,(H,14,16). The molecule has 0 radical (unpaired) electrons. The second-order valence-electron chi connectivity index (χ2n) is 4.49. The van der Waals surface area contributed by atoms with Crippen molar-refractivity contribution >= 4 is 17.3 Å². The number of rotatable bonds is 3. The van der Waals surface area contributed by atoms with Crippen molar-refractivity contribution in [2.24, 2.45) is 5.92 Å². The Hall–Kier alpha value is -1.95. The van der Waals surface area contributed by atoms with Gasteiger partial charge in [-0.3, -0.25) is 14.9 Å². The number of hydrogen-bond acceptors (Lipinski definition) is 4. The summed E-state index contributed by atoms with van der Waals surface area (Å²) < 4.78 is 0. The van der Waals surface area contributed by atoms with Gasteiger partial charge in [-0.15, -0.1) is 0 Å². The van der Waals surface area contributed by atoms with Crippen molar-refractivity contribution in [3.05, 3.63) is 34.4 Å². The second kappa shape index (κ2) is 5.14. The van der Waals surface area contributed by atoms with Gasteiger partial charge in [-0.1, -0.05) is 6.92 Å². The molecular formula is C12H15N3O3. The van der Waals surface area contributed by atoms with E-state index in [9.17, 15) is 14.9 Å². The molecule has 6 nitrogen and oxygen atoms in total. The van der Waals surface area contributed by atoms with Crippen molar-refractivity contribution in [2.75, 3.05) is 11.9 Å². The lowest BCUT2D eigenvalue weighted by molar-refractivity contribution is -0.384. The molecule has 1 saturated heterocycles. The van der Waals surface area contributed by atoms with E-state index in [1.165, 1.54) is 24.3 Å². The van der Waals surface area contributed by atoms with Crippen LogP contribution in [-0.4, -0.2) is 23.4 Å². The number of nitro groups is 1. The number of amides is 1. The first-order chi connectivity index (χ1) is 8.58. The van der Waals surface area contributed by atoms with Gasteiger partial charge >= 0.3 is 0 Å². The highest BCUT2D eigenvalue weighted by atomic mass is 16.6. The number of non-ortho nitro benzene ring substituents is 1. The van der Waals surface area contributed by atoms with Gasteiger partial charge in [0, 0.05) is 17.8 Å². The molecule has 1 fully saturated rings. The zero-order valence-corrected chi connectivity index (χ0v) is 10.1. The number of hydrogen-bond donors (Lipinski definition) is 2. The number of carbonyl (C=O) groups excluding carboxylic acids is 1. The van der Waals surface area contributed by atoms with Crippen molar-refractivity contribution in [2.45, 2.75) is 19.4 Å². The first-order valence-corrected chi connectivity index (χ1v) is 5.86. The first-order valence-electron chi connectivity index (χ1n) is 5.86. The van der Waals surface area contributed by atoms with E-state index < -0.39 is 4.92 Å². The van der Waals surface area contributed by atoms with Crippen LogP contribution in [0, 0.1) is 16.0 Å². The maximum Gasteiger partial charge on any atom is 0.269 e. The Labute approximate surface area is 105 Å². The molecule has 1 aromatic rings. The van der Waals surface area contributed by atoms with Gasteiger partial charge < -0.3 is 10.6 Å². The molecule has 18 heavy (non-hydrogen) atoms. The molecule has 96 valence electrons. The molecule has 1 aromatic carbocycles. The molecule has 2 unspecified atom stereocenters. The van der Waals surface area contributed by atoms with Crippen molar-refractivity contribution in [3.8, 4) is 0 Å². The van der Waals surface area contributed by atoms with Crippen LogP contribution in [0.4, 0.5) is 11.4 Å². The number of carbonyl (C=O) groups is 1. The van der Waals surface area contributed by atoms with E-state index in [-0.39, 0.29) is 17.6 Å². The van der Waals surface area contributed by atoms with E-state index >= 15 is 0 Å². The van der Waals surface area contributed by atoms with Crippen molar-refractivity contribution in [1.29, 1.82) is 0 Å². The Morgan fingerprint density at radius 1 is 1.44 bits per heavy atom. The molecule has 1 aliphatic heterocycles. The fourth-order valence-corrected chi connectivity index (χ4v) is 2.07. The van der Waals surface area contributed by atoms with Gasteiger partial charge in [0.2, 0.25) is 5.91 Å². The summed E-state index contributed by atoms with van der Waals surface area (Å²) in [6.07, 6.45) is 0.984. The summed E-state index contributed by atoms with van der Waals surface area (Å²) in [6.45, 7) is 2.87. The number of nitro benzene ring substituents is 1. The molecule has 2 atom stereocenters. The maximum absolute atomic E-state index is 11.9. The van der Waals surface area contributed by atoms with Gasteiger partial charge in [-0.2, -0.15) is 0 Å². The highest BCUT2D eigenvalue weighted by Crippen LogP contribution is 2.18. The van der Waals surface area contributed by atoms with Crippen molar-refractivity contribution < 1.29 is 9.72 Å². The number of benzene rings is 1. The minimum atomic E-state index is -0.466. The third-order valence-corrected chi connectivity index (χ3v) is 3.16. The third kappa shape index (κ3) is 2.65. The van der Waals surface area contributed by atoms with Gasteiger partial charge in [-0.25, -0.2) is 0 Å². The van der Waals surface area contributed by atoms with Crippen LogP contribution in [0.3, 0.4) is 0 Å². The Morgan fingerprint density at radius 2 is 2.11 bits per heavy atom. The van der Waals surface area contributed by atoms with E-state index in [4.69, 9.17) is 0 Å². The molecule has 2 rings (SSSR count). The first kappa shape index (κ1) is 12.5. The van der Waals surface area contributed by atoms with Crippen LogP contribution in [-0.2, 0) is 4.79 Å². The summed E-state index contributed by atoms with van der Waals surface area (Å²) in [4.78, 5) is 22.0. The van der Waals surface area contributed by atoms with Crippen molar-refractivity contribution in [1.82, 2.24) is 5.32 Å². The van der Waals surface area contributed by atoms with Gasteiger partial charge in [0.15, 0.2) is 0 Å². The fraction of sp³-hybridized carbons (Fsp3) is 0.417. The molecule has 0 saturated carbocycles. The second-order valence-corrected chi connectivity index (χ2v) is 4.49. The monoisotopic (exact) mass is 249 g/mol. The van der Waals surface area contributed by atoms with E-state index in [2.05, 4.69) is 10.6 Å². The lowest BCUT2D eigenvalue weighted by Gasteiger charge is -2.15. The third-order valence-electron chi connectivity index (χ3n) is 3.16. The zero-order valence-electron chi connectivity index (χ0n) is 10.1. The normalized spacial score (nSPS) is 22.7. The largest absolute Gasteiger partial charge is 0.325 e. The van der Waals surface area contributed by atoms with E-state index in [1.807, 2.05) is 6.92 Å². The molecule has 1 heterocycles. The van der Waals surface area contributed by atoms with Gasteiger partial charge in [0.25, 0.3) is 5.69 Å².